The van der Waals surface area contributed by atoms with Gasteiger partial charge in [-0.3, -0.25) is 0 Å². The molecule has 1 aromatic rings. The van der Waals surface area contributed by atoms with Crippen molar-refractivity contribution in [2.75, 3.05) is 6.61 Å². The highest BCUT2D eigenvalue weighted by Crippen LogP contribution is 2.24. The molecule has 3 nitrogen and oxygen atoms in total. The minimum atomic E-state index is -1.10. The normalized spacial score (nSPS) is 12.8. The third kappa shape index (κ3) is 11.2. The summed E-state index contributed by atoms with van der Waals surface area (Å²) in [5, 5.41) is 10.6. The number of hydrogen-bond donors (Lipinski definition) is 1. The van der Waals surface area contributed by atoms with Gasteiger partial charge in [0, 0.05) is 0 Å². The first-order chi connectivity index (χ1) is 14.1. The lowest BCUT2D eigenvalue weighted by molar-refractivity contribution is -0.139. The zero-order valence-corrected chi connectivity index (χ0v) is 18.3. The Balaban J connectivity index is 2.35. The van der Waals surface area contributed by atoms with Crippen LogP contribution in [0.3, 0.4) is 0 Å². The molecule has 29 heavy (non-hydrogen) atoms. The van der Waals surface area contributed by atoms with Crippen molar-refractivity contribution >= 4 is 5.97 Å². The molecule has 1 atom stereocenters. The maximum absolute atomic E-state index is 13.1. The summed E-state index contributed by atoms with van der Waals surface area (Å²) in [4.78, 5) is 12.2. The highest BCUT2D eigenvalue weighted by molar-refractivity contribution is 5.89. The van der Waals surface area contributed by atoms with Crippen LogP contribution in [0.25, 0.3) is 0 Å². The van der Waals surface area contributed by atoms with Gasteiger partial charge < -0.3 is 9.84 Å². The molecule has 164 valence electrons. The van der Waals surface area contributed by atoms with Gasteiger partial charge in [-0.25, -0.2) is 9.18 Å². The zero-order chi connectivity index (χ0) is 21.3. The van der Waals surface area contributed by atoms with Crippen LogP contribution in [-0.2, 0) is 9.53 Å². The average molecular weight is 407 g/mol. The van der Waals surface area contributed by atoms with Crippen molar-refractivity contribution in [3.63, 3.8) is 0 Å². The first-order valence-corrected chi connectivity index (χ1v) is 11.4. The summed E-state index contributed by atoms with van der Waals surface area (Å²) < 4.78 is 18.2. The molecule has 0 amide bonds. The summed E-state index contributed by atoms with van der Waals surface area (Å²) in [6.45, 7) is 4.24. The van der Waals surface area contributed by atoms with Crippen LogP contribution in [0.4, 0.5) is 4.39 Å². The number of ether oxygens (including phenoxy) is 1. The summed E-state index contributed by atoms with van der Waals surface area (Å²) in [5.41, 5.74) is 0.732. The quantitative estimate of drug-likeness (QED) is 0.182. The van der Waals surface area contributed by atoms with E-state index >= 15 is 0 Å². The maximum Gasteiger partial charge on any atom is 0.336 e. The molecular formula is C25H39FO3. The Morgan fingerprint density at radius 2 is 1.45 bits per heavy atom. The Hall–Kier alpha value is -1.68. The number of hydrogen-bond acceptors (Lipinski definition) is 3. The molecule has 0 saturated carbocycles. The highest BCUT2D eigenvalue weighted by Gasteiger charge is 2.21. The number of halogens is 1. The summed E-state index contributed by atoms with van der Waals surface area (Å²) in [6.07, 6.45) is 15.4. The maximum atomic E-state index is 13.1. The fraction of sp³-hybridized carbons (Fsp3) is 0.640. The van der Waals surface area contributed by atoms with Crippen LogP contribution in [-0.4, -0.2) is 17.7 Å². The van der Waals surface area contributed by atoms with E-state index in [-0.39, 0.29) is 18.0 Å². The largest absolute Gasteiger partial charge is 0.463 e. The first-order valence-electron chi connectivity index (χ1n) is 11.4. The summed E-state index contributed by atoms with van der Waals surface area (Å²) >= 11 is 0. The topological polar surface area (TPSA) is 46.5 Å². The molecule has 0 aliphatic carbocycles. The Morgan fingerprint density at radius 1 is 0.931 bits per heavy atom. The van der Waals surface area contributed by atoms with Gasteiger partial charge in [0.2, 0.25) is 0 Å². The van der Waals surface area contributed by atoms with Gasteiger partial charge in [-0.2, -0.15) is 0 Å². The highest BCUT2D eigenvalue weighted by atomic mass is 19.1. The fourth-order valence-electron chi connectivity index (χ4n) is 3.41. The lowest BCUT2D eigenvalue weighted by atomic mass is 9.99. The van der Waals surface area contributed by atoms with Gasteiger partial charge in [0.25, 0.3) is 0 Å². The van der Waals surface area contributed by atoms with E-state index in [4.69, 9.17) is 4.74 Å². The Labute approximate surface area is 176 Å². The molecule has 0 aliphatic heterocycles. The molecule has 1 unspecified atom stereocenters. The SMILES string of the molecule is CCCCCCCCCCCCC/C=C(/C(=O)OCC)C(O)c1ccc(F)cc1. The number of unbranched alkanes of at least 4 members (excludes halogenated alkanes) is 11. The molecule has 1 rings (SSSR count). The second-order valence-corrected chi connectivity index (χ2v) is 7.66. The van der Waals surface area contributed by atoms with E-state index in [2.05, 4.69) is 6.92 Å². The third-order valence-corrected chi connectivity index (χ3v) is 5.16. The van der Waals surface area contributed by atoms with E-state index in [9.17, 15) is 14.3 Å². The summed E-state index contributed by atoms with van der Waals surface area (Å²) in [5.74, 6) is -0.879. The Bertz CT molecular complexity index is 580. The van der Waals surface area contributed by atoms with Crippen LogP contribution >= 0.6 is 0 Å². The molecule has 0 aliphatic rings. The van der Waals surface area contributed by atoms with Gasteiger partial charge >= 0.3 is 5.97 Å². The number of esters is 1. The monoisotopic (exact) mass is 406 g/mol. The number of allylic oxidation sites excluding steroid dienone is 1. The third-order valence-electron chi connectivity index (χ3n) is 5.16. The molecule has 0 saturated heterocycles. The standard InChI is InChI=1S/C25H39FO3/c1-3-5-6-7-8-9-10-11-12-13-14-15-16-23(25(28)29-4-2)24(27)21-17-19-22(26)20-18-21/h16-20,24,27H,3-15H2,1-2H3/b23-16+. The van der Waals surface area contributed by atoms with Crippen molar-refractivity contribution in [2.45, 2.75) is 97.0 Å². The Kier molecular flexibility index (Phi) is 14.1. The molecule has 0 aromatic heterocycles. The number of aliphatic hydroxyl groups excluding tert-OH is 1. The van der Waals surface area contributed by atoms with E-state index in [1.54, 1.807) is 13.0 Å². The van der Waals surface area contributed by atoms with Crippen molar-refractivity contribution in [1.82, 2.24) is 0 Å². The smallest absolute Gasteiger partial charge is 0.336 e. The minimum absolute atomic E-state index is 0.241. The molecule has 0 bridgehead atoms. The number of carbonyl (C=O) groups is 1. The second-order valence-electron chi connectivity index (χ2n) is 7.66. The molecule has 0 spiro atoms. The number of aliphatic hydroxyl groups is 1. The van der Waals surface area contributed by atoms with E-state index in [0.717, 1.165) is 19.3 Å². The van der Waals surface area contributed by atoms with Gasteiger partial charge in [0.15, 0.2) is 0 Å². The van der Waals surface area contributed by atoms with Crippen LogP contribution in [0.15, 0.2) is 35.9 Å². The lowest BCUT2D eigenvalue weighted by Crippen LogP contribution is -2.15. The number of benzene rings is 1. The van der Waals surface area contributed by atoms with Crippen molar-refractivity contribution in [3.05, 3.63) is 47.3 Å². The van der Waals surface area contributed by atoms with Crippen molar-refractivity contribution in [1.29, 1.82) is 0 Å². The van der Waals surface area contributed by atoms with E-state index in [1.165, 1.54) is 82.1 Å². The predicted octanol–water partition coefficient (Wildman–Crippen LogP) is 7.05. The molecule has 1 aromatic carbocycles. The average Bonchev–Trinajstić information content (AvgIpc) is 2.72. The van der Waals surface area contributed by atoms with E-state index < -0.39 is 12.1 Å². The van der Waals surface area contributed by atoms with Gasteiger partial charge in [0.1, 0.15) is 11.9 Å². The van der Waals surface area contributed by atoms with Gasteiger partial charge in [0.05, 0.1) is 12.2 Å². The van der Waals surface area contributed by atoms with Crippen LogP contribution in [0.1, 0.15) is 103 Å². The molecule has 4 heteroatoms. The van der Waals surface area contributed by atoms with Crippen LogP contribution in [0.2, 0.25) is 0 Å². The Morgan fingerprint density at radius 3 is 1.97 bits per heavy atom. The molecule has 0 heterocycles. The zero-order valence-electron chi connectivity index (χ0n) is 18.3. The van der Waals surface area contributed by atoms with E-state index in [1.807, 2.05) is 0 Å². The van der Waals surface area contributed by atoms with Gasteiger partial charge in [-0.05, 0) is 37.5 Å². The first kappa shape index (κ1) is 25.4. The number of carbonyl (C=O) groups excluding carboxylic acids is 1. The number of rotatable bonds is 16. The molecule has 1 N–H and O–H groups in total. The summed E-state index contributed by atoms with van der Waals surface area (Å²) in [6, 6.07) is 5.56. The fourth-order valence-corrected chi connectivity index (χ4v) is 3.41. The van der Waals surface area contributed by atoms with Crippen LogP contribution in [0.5, 0.6) is 0 Å². The van der Waals surface area contributed by atoms with Crippen molar-refractivity contribution < 1.29 is 19.0 Å². The second kappa shape index (κ2) is 16.2. The van der Waals surface area contributed by atoms with Crippen LogP contribution < -0.4 is 0 Å². The van der Waals surface area contributed by atoms with Crippen molar-refractivity contribution in [2.24, 2.45) is 0 Å². The summed E-state index contributed by atoms with van der Waals surface area (Å²) in [7, 11) is 0. The van der Waals surface area contributed by atoms with Gasteiger partial charge in [-0.15, -0.1) is 0 Å². The molecule has 0 fully saturated rings. The van der Waals surface area contributed by atoms with Gasteiger partial charge in [-0.1, -0.05) is 89.3 Å². The molecular weight excluding hydrogens is 367 g/mol. The minimum Gasteiger partial charge on any atom is -0.463 e. The van der Waals surface area contributed by atoms with Crippen LogP contribution in [0, 0.1) is 5.82 Å². The molecule has 0 radical (unpaired) electrons. The predicted molar refractivity (Wildman–Crippen MR) is 117 cm³/mol. The lowest BCUT2D eigenvalue weighted by Gasteiger charge is -2.15. The van der Waals surface area contributed by atoms with E-state index in [0.29, 0.717) is 5.56 Å². The van der Waals surface area contributed by atoms with Crippen molar-refractivity contribution in [3.8, 4) is 0 Å².